The molecule has 2 unspecified atom stereocenters. The Morgan fingerprint density at radius 3 is 2.19 bits per heavy atom. The number of halogens is 2. The molecular formula is C9H15F2NO4. The number of aliphatic hydroxyl groups excluding tert-OH is 1. The van der Waals surface area contributed by atoms with E-state index in [9.17, 15) is 18.4 Å². The number of carbonyl (C=O) groups excluding carboxylic acids is 1. The van der Waals surface area contributed by atoms with Gasteiger partial charge >= 0.3 is 5.97 Å². The largest absolute Gasteiger partial charge is 0.481 e. The van der Waals surface area contributed by atoms with E-state index in [0.29, 0.717) is 0 Å². The Bertz CT molecular complexity index is 270. The van der Waals surface area contributed by atoms with Crippen LogP contribution in [0.25, 0.3) is 0 Å². The molecule has 0 radical (unpaired) electrons. The highest BCUT2D eigenvalue weighted by Gasteiger charge is 2.31. The van der Waals surface area contributed by atoms with Crippen molar-refractivity contribution in [3.8, 4) is 0 Å². The van der Waals surface area contributed by atoms with E-state index in [4.69, 9.17) is 10.2 Å². The second kappa shape index (κ2) is 5.74. The summed E-state index contributed by atoms with van der Waals surface area (Å²) in [4.78, 5) is 21.8. The van der Waals surface area contributed by atoms with E-state index in [-0.39, 0.29) is 0 Å². The van der Waals surface area contributed by atoms with Crippen LogP contribution in [-0.2, 0) is 9.59 Å². The molecule has 94 valence electrons. The van der Waals surface area contributed by atoms with Crippen molar-refractivity contribution in [1.82, 2.24) is 5.32 Å². The van der Waals surface area contributed by atoms with Gasteiger partial charge in [-0.2, -0.15) is 0 Å². The molecule has 0 aromatic rings. The van der Waals surface area contributed by atoms with E-state index in [2.05, 4.69) is 0 Å². The minimum Gasteiger partial charge on any atom is -0.481 e. The summed E-state index contributed by atoms with van der Waals surface area (Å²) in [6, 6.07) is 0. The van der Waals surface area contributed by atoms with Gasteiger partial charge in [-0.15, -0.1) is 0 Å². The molecule has 2 atom stereocenters. The predicted molar refractivity (Wildman–Crippen MR) is 51.0 cm³/mol. The lowest BCUT2D eigenvalue weighted by molar-refractivity contribution is -0.146. The van der Waals surface area contributed by atoms with Crippen molar-refractivity contribution in [2.24, 2.45) is 11.8 Å². The first-order valence-electron chi connectivity index (χ1n) is 4.70. The Morgan fingerprint density at radius 1 is 1.31 bits per heavy atom. The van der Waals surface area contributed by atoms with Crippen molar-refractivity contribution in [1.29, 1.82) is 0 Å². The fraction of sp³-hybridized carbons (Fsp3) is 0.778. The molecule has 7 heteroatoms. The third kappa shape index (κ3) is 4.52. The third-order valence-corrected chi connectivity index (χ3v) is 2.31. The fourth-order valence-electron chi connectivity index (χ4n) is 0.874. The van der Waals surface area contributed by atoms with Gasteiger partial charge in [0.2, 0.25) is 5.91 Å². The molecule has 0 rings (SSSR count). The summed E-state index contributed by atoms with van der Waals surface area (Å²) in [6.45, 7) is 0.289. The van der Waals surface area contributed by atoms with Gasteiger partial charge < -0.3 is 15.5 Å². The smallest absolute Gasteiger partial charge is 0.307 e. The second-order valence-electron chi connectivity index (χ2n) is 3.65. The third-order valence-electron chi connectivity index (χ3n) is 2.31. The maximum absolute atomic E-state index is 12.6. The van der Waals surface area contributed by atoms with Crippen LogP contribution < -0.4 is 5.32 Å². The molecule has 3 N–H and O–H groups in total. The summed E-state index contributed by atoms with van der Waals surface area (Å²) in [7, 11) is 0. The van der Waals surface area contributed by atoms with Crippen molar-refractivity contribution in [3.05, 3.63) is 0 Å². The van der Waals surface area contributed by atoms with E-state index < -0.39 is 42.8 Å². The number of rotatable bonds is 6. The van der Waals surface area contributed by atoms with Gasteiger partial charge in [-0.3, -0.25) is 9.59 Å². The lowest BCUT2D eigenvalue weighted by atomic mass is 9.95. The van der Waals surface area contributed by atoms with Crippen molar-refractivity contribution in [2.45, 2.75) is 19.8 Å². The van der Waals surface area contributed by atoms with Crippen LogP contribution in [-0.4, -0.2) is 41.2 Å². The minimum atomic E-state index is -3.39. The average molecular weight is 239 g/mol. The van der Waals surface area contributed by atoms with E-state index in [1.165, 1.54) is 13.8 Å². The number of alkyl halides is 2. The highest BCUT2D eigenvalue weighted by Crippen LogP contribution is 2.13. The maximum Gasteiger partial charge on any atom is 0.307 e. The van der Waals surface area contributed by atoms with Gasteiger partial charge in [-0.05, 0) is 0 Å². The van der Waals surface area contributed by atoms with Gasteiger partial charge in [0.1, 0.15) is 6.61 Å². The number of aliphatic hydroxyl groups is 1. The molecule has 0 spiro atoms. The van der Waals surface area contributed by atoms with E-state index in [0.717, 1.165) is 0 Å². The maximum atomic E-state index is 12.6. The van der Waals surface area contributed by atoms with Crippen LogP contribution in [0.3, 0.4) is 0 Å². The molecule has 0 bridgehead atoms. The number of hydrogen-bond acceptors (Lipinski definition) is 3. The monoisotopic (exact) mass is 239 g/mol. The lowest BCUT2D eigenvalue weighted by Gasteiger charge is -2.18. The average Bonchev–Trinajstić information content (AvgIpc) is 2.23. The highest BCUT2D eigenvalue weighted by molar-refractivity contribution is 5.84. The fourth-order valence-corrected chi connectivity index (χ4v) is 0.874. The van der Waals surface area contributed by atoms with Crippen LogP contribution in [0.15, 0.2) is 0 Å². The van der Waals surface area contributed by atoms with Gasteiger partial charge in [0, 0.05) is 5.92 Å². The van der Waals surface area contributed by atoms with E-state index in [1.54, 1.807) is 0 Å². The first-order chi connectivity index (χ1) is 7.21. The molecule has 0 aromatic carbocycles. The number of carbonyl (C=O) groups is 2. The first-order valence-corrected chi connectivity index (χ1v) is 4.70. The highest BCUT2D eigenvalue weighted by atomic mass is 19.3. The van der Waals surface area contributed by atoms with Crippen LogP contribution in [0.5, 0.6) is 0 Å². The number of nitrogens with one attached hydrogen (secondary N) is 1. The normalized spacial score (nSPS) is 15.3. The van der Waals surface area contributed by atoms with Crippen molar-refractivity contribution in [3.63, 3.8) is 0 Å². The Balaban J connectivity index is 4.22. The topological polar surface area (TPSA) is 86.6 Å². The van der Waals surface area contributed by atoms with Gasteiger partial charge in [0.25, 0.3) is 5.92 Å². The zero-order chi connectivity index (χ0) is 12.9. The van der Waals surface area contributed by atoms with E-state index >= 15 is 0 Å². The standard InChI is InChI=1S/C9H15F2NO4/c1-5(6(2)8(15)16)7(14)12-3-9(10,11)4-13/h5-6,13H,3-4H2,1-2H3,(H,12,14)(H,15,16). The summed E-state index contributed by atoms with van der Waals surface area (Å²) in [5.74, 6) is -7.20. The Morgan fingerprint density at radius 2 is 1.81 bits per heavy atom. The van der Waals surface area contributed by atoms with Crippen LogP contribution in [0.4, 0.5) is 8.78 Å². The summed E-state index contributed by atoms with van der Waals surface area (Å²) < 4.78 is 25.1. The summed E-state index contributed by atoms with van der Waals surface area (Å²) >= 11 is 0. The minimum absolute atomic E-state index is 0.775. The van der Waals surface area contributed by atoms with Gasteiger partial charge in [-0.25, -0.2) is 8.78 Å². The molecular weight excluding hydrogens is 224 g/mol. The van der Waals surface area contributed by atoms with Gasteiger partial charge in [0.05, 0.1) is 12.5 Å². The van der Waals surface area contributed by atoms with Crippen LogP contribution in [0.1, 0.15) is 13.8 Å². The number of hydrogen-bond donors (Lipinski definition) is 3. The second-order valence-corrected chi connectivity index (χ2v) is 3.65. The lowest BCUT2D eigenvalue weighted by Crippen LogP contribution is -2.43. The number of carboxylic acid groups (broad SMARTS) is 1. The molecule has 0 fully saturated rings. The predicted octanol–water partition coefficient (Wildman–Crippen LogP) is 0.0870. The number of amides is 1. The Labute approximate surface area is 91.5 Å². The first kappa shape index (κ1) is 14.8. The zero-order valence-electron chi connectivity index (χ0n) is 9.04. The molecule has 0 heterocycles. The molecule has 1 amide bonds. The number of carboxylic acids is 1. The molecule has 0 aromatic heterocycles. The molecule has 5 nitrogen and oxygen atoms in total. The van der Waals surface area contributed by atoms with Crippen LogP contribution in [0.2, 0.25) is 0 Å². The quantitative estimate of drug-likeness (QED) is 0.613. The van der Waals surface area contributed by atoms with Crippen molar-refractivity contribution >= 4 is 11.9 Å². The SMILES string of the molecule is CC(C(=O)O)C(C)C(=O)NCC(F)(F)CO. The van der Waals surface area contributed by atoms with Crippen LogP contribution in [0, 0.1) is 11.8 Å². The van der Waals surface area contributed by atoms with Crippen molar-refractivity contribution in [2.75, 3.05) is 13.2 Å². The molecule has 16 heavy (non-hydrogen) atoms. The van der Waals surface area contributed by atoms with Crippen LogP contribution >= 0.6 is 0 Å². The van der Waals surface area contributed by atoms with Crippen molar-refractivity contribution < 1.29 is 28.6 Å². The summed E-state index contributed by atoms with van der Waals surface area (Å²) in [5.41, 5.74) is 0. The van der Waals surface area contributed by atoms with Gasteiger partial charge in [-0.1, -0.05) is 13.8 Å². The summed E-state index contributed by atoms with van der Waals surface area (Å²) in [5, 5.41) is 18.8. The molecule has 0 aliphatic heterocycles. The molecule has 0 aliphatic rings. The zero-order valence-corrected chi connectivity index (χ0v) is 9.04. The van der Waals surface area contributed by atoms with Gasteiger partial charge in [0.15, 0.2) is 0 Å². The Kier molecular flexibility index (Phi) is 5.29. The Hall–Kier alpha value is -1.24. The molecule has 0 saturated carbocycles. The molecule has 0 aliphatic carbocycles. The number of aliphatic carboxylic acids is 1. The van der Waals surface area contributed by atoms with E-state index in [1.807, 2.05) is 5.32 Å². The summed E-state index contributed by atoms with van der Waals surface area (Å²) in [6.07, 6.45) is 0. The molecule has 0 saturated heterocycles.